The van der Waals surface area contributed by atoms with Crippen molar-refractivity contribution in [2.75, 3.05) is 63.4 Å². The van der Waals surface area contributed by atoms with Crippen molar-refractivity contribution in [3.05, 3.63) is 53.6 Å². The molecule has 0 aromatic heterocycles. The SMILES string of the molecule is CC(=O)Nc1ccc(OCCOCCOCCOCCNc2cccc(C(=O)N(C=O)C3CCC(=O)NC3=O)c2C)cc1. The molecular formula is C30H38N4O9. The zero-order chi connectivity index (χ0) is 31.0. The fourth-order valence-electron chi connectivity index (χ4n) is 4.26. The van der Waals surface area contributed by atoms with Gasteiger partial charge in [-0.25, -0.2) is 0 Å². The number of piperidine rings is 1. The molecule has 0 radical (unpaired) electrons. The zero-order valence-corrected chi connectivity index (χ0v) is 24.4. The lowest BCUT2D eigenvalue weighted by Crippen LogP contribution is -2.53. The van der Waals surface area contributed by atoms with Crippen LogP contribution in [0.4, 0.5) is 11.4 Å². The maximum atomic E-state index is 13.1. The smallest absolute Gasteiger partial charge is 0.261 e. The molecule has 5 amide bonds. The largest absolute Gasteiger partial charge is 0.491 e. The molecule has 1 heterocycles. The fraction of sp³-hybridized carbons (Fsp3) is 0.433. The molecule has 1 saturated heterocycles. The standard InChI is InChI=1S/C30H38N4O9/c1-21-25(30(39)34(20-35)27-10-11-28(37)33-29(27)38)4-3-5-26(21)31-12-13-40-14-15-41-16-17-42-18-19-43-24-8-6-23(7-9-24)32-22(2)36/h3-9,20,27,31H,10-19H2,1-2H3,(H,32,36)(H,33,37,38). The second-order valence-corrected chi connectivity index (χ2v) is 9.58. The molecule has 1 atom stereocenters. The molecule has 0 saturated carbocycles. The molecule has 43 heavy (non-hydrogen) atoms. The molecule has 3 N–H and O–H groups in total. The van der Waals surface area contributed by atoms with Gasteiger partial charge in [0, 0.05) is 36.8 Å². The highest BCUT2D eigenvalue weighted by atomic mass is 16.6. The van der Waals surface area contributed by atoms with Crippen molar-refractivity contribution in [2.24, 2.45) is 0 Å². The Morgan fingerprint density at radius 2 is 1.60 bits per heavy atom. The average molecular weight is 599 g/mol. The maximum absolute atomic E-state index is 13.1. The van der Waals surface area contributed by atoms with Crippen molar-refractivity contribution in [1.82, 2.24) is 10.2 Å². The molecule has 1 fully saturated rings. The summed E-state index contributed by atoms with van der Waals surface area (Å²) in [5, 5.41) is 8.08. The van der Waals surface area contributed by atoms with E-state index in [0.717, 1.165) is 4.90 Å². The molecule has 1 aliphatic heterocycles. The third-order valence-electron chi connectivity index (χ3n) is 6.44. The van der Waals surface area contributed by atoms with E-state index in [2.05, 4.69) is 16.0 Å². The Bertz CT molecular complexity index is 1250. The van der Waals surface area contributed by atoms with Crippen LogP contribution in [0, 0.1) is 6.92 Å². The number of anilines is 2. The fourth-order valence-corrected chi connectivity index (χ4v) is 4.26. The van der Waals surface area contributed by atoms with Crippen LogP contribution in [0.25, 0.3) is 0 Å². The predicted octanol–water partition coefficient (Wildman–Crippen LogP) is 1.90. The summed E-state index contributed by atoms with van der Waals surface area (Å²) in [6.45, 7) is 6.53. The molecular weight excluding hydrogens is 560 g/mol. The topological polar surface area (TPSA) is 162 Å². The summed E-state index contributed by atoms with van der Waals surface area (Å²) in [6.07, 6.45) is 0.481. The lowest BCUT2D eigenvalue weighted by Gasteiger charge is -2.29. The van der Waals surface area contributed by atoms with E-state index in [1.807, 2.05) is 0 Å². The van der Waals surface area contributed by atoms with Crippen molar-refractivity contribution >= 4 is 41.4 Å². The van der Waals surface area contributed by atoms with E-state index in [0.29, 0.717) is 81.9 Å². The van der Waals surface area contributed by atoms with Gasteiger partial charge >= 0.3 is 0 Å². The van der Waals surface area contributed by atoms with Crippen LogP contribution in [-0.4, -0.2) is 93.8 Å². The first-order valence-electron chi connectivity index (χ1n) is 14.0. The molecule has 1 unspecified atom stereocenters. The molecule has 3 rings (SSSR count). The number of ether oxygens (including phenoxy) is 4. The first-order valence-corrected chi connectivity index (χ1v) is 14.0. The molecule has 2 aromatic carbocycles. The number of nitrogens with zero attached hydrogens (tertiary/aromatic N) is 1. The van der Waals surface area contributed by atoms with Gasteiger partial charge in [0.15, 0.2) is 0 Å². The summed E-state index contributed by atoms with van der Waals surface area (Å²) in [6, 6.07) is 11.1. The Balaban J connectivity index is 1.25. The third kappa shape index (κ3) is 10.8. The van der Waals surface area contributed by atoms with E-state index in [4.69, 9.17) is 18.9 Å². The number of imide groups is 2. The Hall–Kier alpha value is -4.33. The van der Waals surface area contributed by atoms with Gasteiger partial charge < -0.3 is 29.6 Å². The van der Waals surface area contributed by atoms with Crippen LogP contribution < -0.4 is 20.7 Å². The highest BCUT2D eigenvalue weighted by molar-refractivity contribution is 6.08. The van der Waals surface area contributed by atoms with E-state index in [9.17, 15) is 24.0 Å². The Morgan fingerprint density at radius 3 is 2.23 bits per heavy atom. The van der Waals surface area contributed by atoms with Crippen molar-refractivity contribution in [3.63, 3.8) is 0 Å². The molecule has 0 spiro atoms. The van der Waals surface area contributed by atoms with Crippen LogP contribution >= 0.6 is 0 Å². The first kappa shape index (κ1) is 33.2. The van der Waals surface area contributed by atoms with Crippen LogP contribution in [0.2, 0.25) is 0 Å². The predicted molar refractivity (Wildman–Crippen MR) is 157 cm³/mol. The summed E-state index contributed by atoms with van der Waals surface area (Å²) in [7, 11) is 0. The highest BCUT2D eigenvalue weighted by Gasteiger charge is 2.35. The number of carbonyl (C=O) groups excluding carboxylic acids is 5. The van der Waals surface area contributed by atoms with Gasteiger partial charge in [0.05, 0.1) is 39.6 Å². The van der Waals surface area contributed by atoms with Crippen LogP contribution in [0.15, 0.2) is 42.5 Å². The third-order valence-corrected chi connectivity index (χ3v) is 6.44. The summed E-state index contributed by atoms with van der Waals surface area (Å²) in [4.78, 5) is 60.3. The van der Waals surface area contributed by atoms with E-state index >= 15 is 0 Å². The average Bonchev–Trinajstić information content (AvgIpc) is 2.98. The monoisotopic (exact) mass is 598 g/mol. The summed E-state index contributed by atoms with van der Waals surface area (Å²) >= 11 is 0. The van der Waals surface area contributed by atoms with Crippen LogP contribution in [0.3, 0.4) is 0 Å². The quantitative estimate of drug-likeness (QED) is 0.131. The van der Waals surface area contributed by atoms with E-state index < -0.39 is 23.8 Å². The number of benzene rings is 2. The van der Waals surface area contributed by atoms with Gasteiger partial charge in [0.1, 0.15) is 18.4 Å². The van der Waals surface area contributed by atoms with Crippen LogP contribution in [-0.2, 0) is 33.4 Å². The summed E-state index contributed by atoms with van der Waals surface area (Å²) < 4.78 is 22.2. The second-order valence-electron chi connectivity index (χ2n) is 9.58. The maximum Gasteiger partial charge on any atom is 0.261 e. The van der Waals surface area contributed by atoms with E-state index in [1.165, 1.54) is 6.92 Å². The Labute approximate surface area is 250 Å². The molecule has 13 heteroatoms. The van der Waals surface area contributed by atoms with Crippen molar-refractivity contribution in [1.29, 1.82) is 0 Å². The second kappa shape index (κ2) is 17.6. The van der Waals surface area contributed by atoms with Crippen LogP contribution in [0.5, 0.6) is 5.75 Å². The van der Waals surface area contributed by atoms with E-state index in [-0.39, 0.29) is 24.3 Å². The minimum Gasteiger partial charge on any atom is -0.491 e. The first-order chi connectivity index (χ1) is 20.8. The van der Waals surface area contributed by atoms with E-state index in [1.54, 1.807) is 49.4 Å². The summed E-state index contributed by atoms with van der Waals surface area (Å²) in [5.74, 6) is -1.13. The van der Waals surface area contributed by atoms with Crippen molar-refractivity contribution in [2.45, 2.75) is 32.7 Å². The van der Waals surface area contributed by atoms with Crippen LogP contribution in [0.1, 0.15) is 35.7 Å². The van der Waals surface area contributed by atoms with Gasteiger partial charge in [0.2, 0.25) is 24.1 Å². The molecule has 232 valence electrons. The lowest BCUT2D eigenvalue weighted by molar-refractivity contribution is -0.139. The number of hydrogen-bond acceptors (Lipinski definition) is 10. The van der Waals surface area contributed by atoms with Gasteiger partial charge in [-0.2, -0.15) is 0 Å². The molecule has 0 bridgehead atoms. The molecule has 1 aliphatic rings. The number of carbonyl (C=O) groups is 5. The highest BCUT2D eigenvalue weighted by Crippen LogP contribution is 2.22. The molecule has 13 nitrogen and oxygen atoms in total. The lowest BCUT2D eigenvalue weighted by atomic mass is 10.0. The summed E-state index contributed by atoms with van der Waals surface area (Å²) in [5.41, 5.74) is 2.31. The minimum absolute atomic E-state index is 0.0587. The number of nitrogens with one attached hydrogen (secondary N) is 3. The van der Waals surface area contributed by atoms with Gasteiger partial charge in [0.25, 0.3) is 5.91 Å². The van der Waals surface area contributed by atoms with Crippen molar-refractivity contribution < 1.29 is 42.9 Å². The zero-order valence-electron chi connectivity index (χ0n) is 24.4. The molecule has 0 aliphatic carbocycles. The number of rotatable bonds is 18. The Morgan fingerprint density at radius 1 is 0.953 bits per heavy atom. The van der Waals surface area contributed by atoms with Gasteiger partial charge in [-0.3, -0.25) is 34.2 Å². The van der Waals surface area contributed by atoms with Gasteiger partial charge in [-0.15, -0.1) is 0 Å². The minimum atomic E-state index is -1.03. The molecule has 2 aromatic rings. The Kier molecular flexibility index (Phi) is 13.6. The van der Waals surface area contributed by atoms with Crippen molar-refractivity contribution in [3.8, 4) is 5.75 Å². The normalized spacial score (nSPS) is 14.5. The number of hydrogen-bond donors (Lipinski definition) is 3. The van der Waals surface area contributed by atoms with Gasteiger partial charge in [-0.1, -0.05) is 6.07 Å². The van der Waals surface area contributed by atoms with Gasteiger partial charge in [-0.05, 0) is 55.3 Å². The number of amides is 5.